The molecule has 2 aliphatic rings. The van der Waals surface area contributed by atoms with Crippen LogP contribution in [0, 0.1) is 5.41 Å². The van der Waals surface area contributed by atoms with Crippen LogP contribution in [0.25, 0.3) is 0 Å². The van der Waals surface area contributed by atoms with Crippen LogP contribution in [0.15, 0.2) is 59.9 Å². The summed E-state index contributed by atoms with van der Waals surface area (Å²) in [7, 11) is 1.58. The minimum Gasteiger partial charge on any atom is -0.512 e. The summed E-state index contributed by atoms with van der Waals surface area (Å²) in [6.45, 7) is 3.93. The Morgan fingerprint density at radius 3 is 2.36 bits per heavy atom. The quantitative estimate of drug-likeness (QED) is 0.849. The molecule has 0 saturated heterocycles. The highest BCUT2D eigenvalue weighted by atomic mass is 16.5. The zero-order valence-corrected chi connectivity index (χ0v) is 16.2. The van der Waals surface area contributed by atoms with E-state index in [0.29, 0.717) is 35.4 Å². The van der Waals surface area contributed by atoms with Crippen LogP contribution in [-0.2, 0) is 4.79 Å². The highest BCUT2D eigenvalue weighted by Gasteiger charge is 2.45. The lowest BCUT2D eigenvalue weighted by Crippen LogP contribution is -2.35. The number of benzene rings is 2. The van der Waals surface area contributed by atoms with Crippen LogP contribution in [0.4, 0.5) is 5.69 Å². The van der Waals surface area contributed by atoms with Gasteiger partial charge in [0.1, 0.15) is 11.5 Å². The van der Waals surface area contributed by atoms with Crippen molar-refractivity contribution in [2.45, 2.75) is 32.7 Å². The number of carbonyl (C=O) groups excluding carboxylic acids is 2. The van der Waals surface area contributed by atoms with Gasteiger partial charge in [-0.05, 0) is 41.3 Å². The van der Waals surface area contributed by atoms with Gasteiger partial charge >= 0.3 is 0 Å². The lowest BCUT2D eigenvalue weighted by Gasteiger charge is -2.34. The number of Topliss-reactive ketones (excluding diaryl/α,β-unsaturated/α-hetero) is 1. The maximum Gasteiger partial charge on any atom is 0.259 e. The van der Waals surface area contributed by atoms with Gasteiger partial charge in [-0.2, -0.15) is 0 Å². The van der Waals surface area contributed by atoms with E-state index >= 15 is 0 Å². The largest absolute Gasteiger partial charge is 0.512 e. The summed E-state index contributed by atoms with van der Waals surface area (Å²) in [5, 5.41) is 10.8. The van der Waals surface area contributed by atoms with E-state index in [1.807, 2.05) is 32.0 Å². The van der Waals surface area contributed by atoms with Crippen molar-refractivity contribution >= 4 is 17.4 Å². The van der Waals surface area contributed by atoms with E-state index in [1.165, 1.54) is 0 Å². The van der Waals surface area contributed by atoms with Crippen LogP contribution in [-0.4, -0.2) is 23.9 Å². The van der Waals surface area contributed by atoms with E-state index in [4.69, 9.17) is 4.74 Å². The molecule has 1 aliphatic carbocycles. The van der Waals surface area contributed by atoms with Crippen molar-refractivity contribution in [2.75, 3.05) is 12.0 Å². The average Bonchev–Trinajstić information content (AvgIpc) is 2.93. The fourth-order valence-electron chi connectivity index (χ4n) is 4.22. The monoisotopic (exact) mass is 377 g/mol. The first-order valence-electron chi connectivity index (χ1n) is 9.34. The van der Waals surface area contributed by atoms with Crippen molar-refractivity contribution in [2.24, 2.45) is 5.41 Å². The molecule has 1 unspecified atom stereocenters. The number of nitrogens with zero attached hydrogens (tertiary/aromatic N) is 1. The number of fused-ring (bicyclic) bond motifs is 1. The third-order valence-corrected chi connectivity index (χ3v) is 5.48. The summed E-state index contributed by atoms with van der Waals surface area (Å²) < 4.78 is 5.21. The first-order chi connectivity index (χ1) is 13.3. The predicted molar refractivity (Wildman–Crippen MR) is 107 cm³/mol. The van der Waals surface area contributed by atoms with Gasteiger partial charge in [0.05, 0.1) is 18.7 Å². The minimum atomic E-state index is -0.624. The standard InChI is InChI=1S/C23H23NO4/c1-23(2)12-18(25)20(19(26)13-23)21-16-6-4-5-7-17(16)22(27)24(21)14-8-10-15(28-3)11-9-14/h4-11,21,25H,12-13H2,1-3H3. The molecule has 1 atom stereocenters. The molecule has 1 amide bonds. The van der Waals surface area contributed by atoms with Crippen molar-refractivity contribution < 1.29 is 19.4 Å². The number of ether oxygens (including phenoxy) is 1. The van der Waals surface area contributed by atoms with Crippen molar-refractivity contribution in [3.05, 3.63) is 71.0 Å². The Hall–Kier alpha value is -3.08. The second-order valence-electron chi connectivity index (χ2n) is 8.16. The average molecular weight is 377 g/mol. The van der Waals surface area contributed by atoms with Gasteiger partial charge in [-0.3, -0.25) is 14.5 Å². The molecule has 1 N–H and O–H groups in total. The molecule has 5 heteroatoms. The Labute approximate surface area is 164 Å². The van der Waals surface area contributed by atoms with Gasteiger partial charge in [0.2, 0.25) is 0 Å². The maximum atomic E-state index is 13.2. The van der Waals surface area contributed by atoms with Crippen molar-refractivity contribution in [3.63, 3.8) is 0 Å². The SMILES string of the molecule is COc1ccc(N2C(=O)c3ccccc3C2C2=C(O)CC(C)(C)CC2=O)cc1. The van der Waals surface area contributed by atoms with Gasteiger partial charge < -0.3 is 9.84 Å². The number of amides is 1. The number of ketones is 1. The van der Waals surface area contributed by atoms with Crippen molar-refractivity contribution in [1.82, 2.24) is 0 Å². The Balaban J connectivity index is 1.88. The van der Waals surface area contributed by atoms with E-state index in [-0.39, 0.29) is 22.9 Å². The van der Waals surface area contributed by atoms with Crippen LogP contribution in [0.3, 0.4) is 0 Å². The molecule has 5 nitrogen and oxygen atoms in total. The molecule has 2 aromatic carbocycles. The van der Waals surface area contributed by atoms with Crippen LogP contribution >= 0.6 is 0 Å². The van der Waals surface area contributed by atoms with Crippen molar-refractivity contribution in [3.8, 4) is 5.75 Å². The Bertz CT molecular complexity index is 988. The second kappa shape index (κ2) is 6.51. The van der Waals surface area contributed by atoms with E-state index in [0.717, 1.165) is 5.56 Å². The number of hydrogen-bond acceptors (Lipinski definition) is 4. The zero-order chi connectivity index (χ0) is 20.1. The maximum absolute atomic E-state index is 13.2. The smallest absolute Gasteiger partial charge is 0.259 e. The predicted octanol–water partition coefficient (Wildman–Crippen LogP) is 4.60. The zero-order valence-electron chi connectivity index (χ0n) is 16.2. The highest BCUT2D eigenvalue weighted by Crippen LogP contribution is 2.47. The molecule has 0 aromatic heterocycles. The second-order valence-corrected chi connectivity index (χ2v) is 8.16. The molecule has 0 fully saturated rings. The lowest BCUT2D eigenvalue weighted by molar-refractivity contribution is -0.118. The van der Waals surface area contributed by atoms with Gasteiger partial charge in [-0.1, -0.05) is 32.0 Å². The molecule has 0 saturated carbocycles. The van der Waals surface area contributed by atoms with E-state index in [9.17, 15) is 14.7 Å². The summed E-state index contributed by atoms with van der Waals surface area (Å²) in [4.78, 5) is 27.9. The molecule has 144 valence electrons. The Kier molecular flexibility index (Phi) is 4.26. The molecule has 4 rings (SSSR count). The Morgan fingerprint density at radius 1 is 1.04 bits per heavy atom. The molecule has 2 aromatic rings. The fraction of sp³-hybridized carbons (Fsp3) is 0.304. The third kappa shape index (κ3) is 2.87. The molecular weight excluding hydrogens is 354 g/mol. The van der Waals surface area contributed by atoms with E-state index < -0.39 is 6.04 Å². The fourth-order valence-corrected chi connectivity index (χ4v) is 4.22. The molecule has 0 spiro atoms. The number of aliphatic hydroxyl groups excluding tert-OH is 1. The lowest BCUT2D eigenvalue weighted by atomic mass is 9.74. The number of rotatable bonds is 3. The molecule has 1 aliphatic heterocycles. The van der Waals surface area contributed by atoms with Gasteiger partial charge in [-0.15, -0.1) is 0 Å². The molecule has 28 heavy (non-hydrogen) atoms. The van der Waals surface area contributed by atoms with E-state index in [2.05, 4.69) is 0 Å². The topological polar surface area (TPSA) is 66.8 Å². The molecule has 0 radical (unpaired) electrons. The first-order valence-corrected chi connectivity index (χ1v) is 9.34. The summed E-state index contributed by atoms with van der Waals surface area (Å²) in [5.41, 5.74) is 2.00. The minimum absolute atomic E-state index is 0.0780. The van der Waals surface area contributed by atoms with Gasteiger partial charge in [0.25, 0.3) is 5.91 Å². The number of carbonyl (C=O) groups is 2. The summed E-state index contributed by atoms with van der Waals surface area (Å²) >= 11 is 0. The molecule has 1 heterocycles. The number of aliphatic hydroxyl groups is 1. The van der Waals surface area contributed by atoms with Gasteiger partial charge in [-0.25, -0.2) is 0 Å². The normalized spacial score (nSPS) is 21.1. The van der Waals surface area contributed by atoms with Gasteiger partial charge in [0, 0.05) is 24.1 Å². The molecule has 0 bridgehead atoms. The summed E-state index contributed by atoms with van der Waals surface area (Å²) in [5.74, 6) is 0.474. The highest BCUT2D eigenvalue weighted by molar-refractivity contribution is 6.14. The van der Waals surface area contributed by atoms with Crippen LogP contribution in [0.1, 0.15) is 48.7 Å². The van der Waals surface area contributed by atoms with E-state index in [1.54, 1.807) is 42.3 Å². The first kappa shape index (κ1) is 18.3. The Morgan fingerprint density at radius 2 is 1.71 bits per heavy atom. The number of allylic oxidation sites excluding steroid dienone is 1. The van der Waals surface area contributed by atoms with Crippen LogP contribution in [0.2, 0.25) is 0 Å². The number of hydrogen-bond donors (Lipinski definition) is 1. The summed E-state index contributed by atoms with van der Waals surface area (Å²) in [6.07, 6.45) is 0.757. The van der Waals surface area contributed by atoms with Gasteiger partial charge in [0.15, 0.2) is 5.78 Å². The van der Waals surface area contributed by atoms with Crippen molar-refractivity contribution in [1.29, 1.82) is 0 Å². The number of methoxy groups -OCH3 is 1. The molecular formula is C23H23NO4. The van der Waals surface area contributed by atoms with Crippen LogP contribution in [0.5, 0.6) is 5.75 Å². The number of anilines is 1. The van der Waals surface area contributed by atoms with Crippen LogP contribution < -0.4 is 9.64 Å². The summed E-state index contributed by atoms with van der Waals surface area (Å²) in [6, 6.07) is 13.8. The third-order valence-electron chi connectivity index (χ3n) is 5.48.